The van der Waals surface area contributed by atoms with Gasteiger partial charge >= 0.3 is 0 Å². The Labute approximate surface area is 107 Å². The van der Waals surface area contributed by atoms with E-state index in [1.807, 2.05) is 0 Å². The number of hydrogen-bond donors (Lipinski definition) is 0. The van der Waals surface area contributed by atoms with E-state index in [2.05, 4.69) is 13.8 Å². The smallest absolute Gasteiger partial charge is 0.0700 e. The second-order valence-corrected chi connectivity index (χ2v) is 3.31. The van der Waals surface area contributed by atoms with Crippen molar-refractivity contribution in [2.75, 3.05) is 13.7 Å². The number of rotatable bonds is 3. The first-order valence-corrected chi connectivity index (χ1v) is 4.44. The summed E-state index contributed by atoms with van der Waals surface area (Å²) >= 11 is 0. The maximum Gasteiger partial charge on any atom is 0.0700 e. The SMILES string of the molecule is [B][C@@H]1O[C@H](COC)[C@@H](CC)[C-]1C.[Y]. The summed E-state index contributed by atoms with van der Waals surface area (Å²) in [6, 6.07) is -0.185. The largest absolute Gasteiger partial charge is 0.415 e. The average Bonchev–Trinajstić information content (AvgIpc) is 2.29. The molecule has 3 atom stereocenters. The molecule has 1 rings (SSSR count). The van der Waals surface area contributed by atoms with Gasteiger partial charge in [-0.3, -0.25) is 5.92 Å². The van der Waals surface area contributed by atoms with E-state index in [1.54, 1.807) is 7.11 Å². The Morgan fingerprint density at radius 1 is 1.54 bits per heavy atom. The zero-order chi connectivity index (χ0) is 9.14. The van der Waals surface area contributed by atoms with Gasteiger partial charge in [-0.05, 0) is 0 Å². The number of hydrogen-bond acceptors (Lipinski definition) is 2. The van der Waals surface area contributed by atoms with Crippen LogP contribution in [0.5, 0.6) is 0 Å². The van der Waals surface area contributed by atoms with E-state index in [0.717, 1.165) is 6.42 Å². The van der Waals surface area contributed by atoms with Gasteiger partial charge in [-0.15, -0.1) is 5.92 Å². The van der Waals surface area contributed by atoms with Crippen molar-refractivity contribution >= 4 is 7.85 Å². The summed E-state index contributed by atoms with van der Waals surface area (Å²) in [7, 11) is 7.44. The standard InChI is InChI=1S/C9H16BO2.Y/c1-4-7-6(2)9(10)12-8(7)5-11-3;/h7-9H,4-5H2,1-3H3;/q-1;/t7-,8+,9+;/m0./s1. The van der Waals surface area contributed by atoms with Gasteiger partial charge in [-0.25, -0.2) is 0 Å². The minimum Gasteiger partial charge on any atom is -0.415 e. The van der Waals surface area contributed by atoms with Gasteiger partial charge in [0.1, 0.15) is 0 Å². The van der Waals surface area contributed by atoms with E-state index in [-0.39, 0.29) is 44.8 Å². The van der Waals surface area contributed by atoms with Gasteiger partial charge in [0.05, 0.1) is 20.6 Å². The molecule has 0 spiro atoms. The van der Waals surface area contributed by atoms with E-state index in [4.69, 9.17) is 17.3 Å². The van der Waals surface area contributed by atoms with Crippen LogP contribution in [0.1, 0.15) is 20.3 Å². The van der Waals surface area contributed by atoms with Gasteiger partial charge in [0, 0.05) is 39.8 Å². The van der Waals surface area contributed by atoms with E-state index in [1.165, 1.54) is 5.92 Å². The molecule has 0 aromatic rings. The zero-order valence-corrected chi connectivity index (χ0v) is 11.5. The zero-order valence-electron chi connectivity index (χ0n) is 8.62. The first-order valence-electron chi connectivity index (χ1n) is 4.44. The molecular formula is C9H16BO2Y-. The molecular weight excluding hydrogens is 240 g/mol. The third kappa shape index (κ3) is 3.30. The molecule has 0 amide bonds. The second-order valence-electron chi connectivity index (χ2n) is 3.31. The van der Waals surface area contributed by atoms with Crippen molar-refractivity contribution in [3.63, 3.8) is 0 Å². The second kappa shape index (κ2) is 6.55. The summed E-state index contributed by atoms with van der Waals surface area (Å²) in [6.07, 6.45) is 1.24. The molecule has 0 bridgehead atoms. The van der Waals surface area contributed by atoms with Crippen LogP contribution in [0, 0.1) is 11.8 Å². The molecule has 1 heterocycles. The molecule has 1 fully saturated rings. The van der Waals surface area contributed by atoms with Crippen molar-refractivity contribution in [1.29, 1.82) is 0 Å². The molecule has 0 unspecified atom stereocenters. The molecule has 2 nitrogen and oxygen atoms in total. The average molecular weight is 256 g/mol. The molecule has 0 N–H and O–H groups in total. The van der Waals surface area contributed by atoms with Crippen LogP contribution >= 0.6 is 0 Å². The molecule has 0 aromatic carbocycles. The van der Waals surface area contributed by atoms with Crippen LogP contribution in [0.15, 0.2) is 0 Å². The van der Waals surface area contributed by atoms with E-state index in [0.29, 0.717) is 12.5 Å². The van der Waals surface area contributed by atoms with Gasteiger partial charge in [-0.1, -0.05) is 19.3 Å². The predicted octanol–water partition coefficient (Wildman–Crippen LogP) is 1.14. The van der Waals surface area contributed by atoms with Crippen LogP contribution in [0.2, 0.25) is 0 Å². The fraction of sp³-hybridized carbons (Fsp3) is 0.889. The van der Waals surface area contributed by atoms with Crippen LogP contribution < -0.4 is 0 Å². The summed E-state index contributed by atoms with van der Waals surface area (Å²) in [4.78, 5) is 0. The molecule has 0 saturated carbocycles. The maximum atomic E-state index is 5.75. The Morgan fingerprint density at radius 2 is 2.15 bits per heavy atom. The molecule has 0 aliphatic carbocycles. The van der Waals surface area contributed by atoms with Gasteiger partial charge in [0.2, 0.25) is 0 Å². The van der Waals surface area contributed by atoms with Crippen molar-refractivity contribution in [1.82, 2.24) is 0 Å². The summed E-state index contributed by atoms with van der Waals surface area (Å²) in [6.45, 7) is 4.86. The minimum atomic E-state index is -0.185. The number of methoxy groups -OCH3 is 1. The van der Waals surface area contributed by atoms with Gasteiger partial charge in [0.15, 0.2) is 0 Å². The summed E-state index contributed by atoms with van der Waals surface area (Å²) in [5.74, 6) is 1.72. The summed E-state index contributed by atoms with van der Waals surface area (Å²) < 4.78 is 10.6. The third-order valence-electron chi connectivity index (χ3n) is 2.57. The molecule has 1 saturated heterocycles. The number of ether oxygens (including phenoxy) is 2. The molecule has 1 aliphatic heterocycles. The van der Waals surface area contributed by atoms with Crippen LogP contribution in [0.25, 0.3) is 0 Å². The van der Waals surface area contributed by atoms with Crippen molar-refractivity contribution in [3.05, 3.63) is 5.92 Å². The van der Waals surface area contributed by atoms with Crippen molar-refractivity contribution < 1.29 is 42.2 Å². The fourth-order valence-electron chi connectivity index (χ4n) is 1.80. The summed E-state index contributed by atoms with van der Waals surface area (Å²) in [5, 5.41) is 0. The van der Waals surface area contributed by atoms with Gasteiger partial charge in [0.25, 0.3) is 0 Å². The van der Waals surface area contributed by atoms with Gasteiger partial charge < -0.3 is 9.47 Å². The van der Waals surface area contributed by atoms with E-state index < -0.39 is 0 Å². The summed E-state index contributed by atoms with van der Waals surface area (Å²) in [5.41, 5.74) is 0. The Morgan fingerprint density at radius 3 is 2.62 bits per heavy atom. The Kier molecular flexibility index (Phi) is 7.10. The topological polar surface area (TPSA) is 18.5 Å². The molecule has 3 radical (unpaired) electrons. The predicted molar refractivity (Wildman–Crippen MR) is 49.0 cm³/mol. The molecule has 1 aliphatic rings. The quantitative estimate of drug-likeness (QED) is 0.557. The minimum absolute atomic E-state index is 0. The first-order chi connectivity index (χ1) is 5.70. The van der Waals surface area contributed by atoms with Crippen LogP contribution in [-0.2, 0) is 42.2 Å². The van der Waals surface area contributed by atoms with Crippen LogP contribution in [0.4, 0.5) is 0 Å². The van der Waals surface area contributed by atoms with E-state index >= 15 is 0 Å². The molecule has 4 heteroatoms. The fourth-order valence-corrected chi connectivity index (χ4v) is 1.80. The Hall–Kier alpha value is 1.09. The van der Waals surface area contributed by atoms with Crippen LogP contribution in [-0.4, -0.2) is 33.7 Å². The Bertz CT molecular complexity index is 146. The monoisotopic (exact) mass is 256 g/mol. The normalized spacial score (nSPS) is 34.5. The molecule has 71 valence electrons. The van der Waals surface area contributed by atoms with Crippen molar-refractivity contribution in [2.24, 2.45) is 5.92 Å². The van der Waals surface area contributed by atoms with E-state index in [9.17, 15) is 0 Å². The van der Waals surface area contributed by atoms with Crippen LogP contribution in [0.3, 0.4) is 0 Å². The van der Waals surface area contributed by atoms with Crippen molar-refractivity contribution in [2.45, 2.75) is 32.4 Å². The maximum absolute atomic E-state index is 5.75. The molecule has 0 aromatic heterocycles. The third-order valence-corrected chi connectivity index (χ3v) is 2.57. The van der Waals surface area contributed by atoms with Gasteiger partial charge in [-0.2, -0.15) is 6.92 Å². The molecule has 13 heavy (non-hydrogen) atoms. The first kappa shape index (κ1) is 14.1. The van der Waals surface area contributed by atoms with Crippen molar-refractivity contribution in [3.8, 4) is 0 Å². The Balaban J connectivity index is 0.00000144.